The molecule has 1 aromatic rings. The van der Waals surface area contributed by atoms with Crippen molar-refractivity contribution in [3.05, 3.63) is 35.9 Å². The second kappa shape index (κ2) is 5.27. The largest absolute Gasteiger partial charge is 0.481 e. The smallest absolute Gasteiger partial charge is 0.303 e. The average molecular weight is 275 g/mol. The van der Waals surface area contributed by atoms with Crippen LogP contribution < -0.4 is 5.32 Å². The van der Waals surface area contributed by atoms with Crippen LogP contribution in [0.15, 0.2) is 30.3 Å². The number of rotatable bonds is 6. The van der Waals surface area contributed by atoms with E-state index in [1.54, 1.807) is 0 Å². The fourth-order valence-electron chi connectivity index (χ4n) is 2.44. The van der Waals surface area contributed by atoms with Gasteiger partial charge in [-0.3, -0.25) is 9.59 Å². The monoisotopic (exact) mass is 275 g/mol. The first-order valence-corrected chi connectivity index (χ1v) is 6.96. The Hall–Kier alpha value is -1.84. The van der Waals surface area contributed by atoms with Crippen molar-refractivity contribution < 1.29 is 14.7 Å². The Balaban J connectivity index is 2.03. The summed E-state index contributed by atoms with van der Waals surface area (Å²) in [5.74, 6) is -0.824. The first-order chi connectivity index (χ1) is 9.36. The molecule has 4 heteroatoms. The molecule has 0 spiro atoms. The molecule has 0 heterocycles. The van der Waals surface area contributed by atoms with Gasteiger partial charge in [0, 0.05) is 12.0 Å². The third-order valence-corrected chi connectivity index (χ3v) is 3.93. The molecule has 2 rings (SSSR count). The molecule has 0 aliphatic heterocycles. The van der Waals surface area contributed by atoms with E-state index in [4.69, 9.17) is 5.11 Å². The molecule has 1 fully saturated rings. The Morgan fingerprint density at radius 3 is 2.35 bits per heavy atom. The van der Waals surface area contributed by atoms with Gasteiger partial charge in [0.15, 0.2) is 0 Å². The van der Waals surface area contributed by atoms with Crippen molar-refractivity contribution in [3.63, 3.8) is 0 Å². The predicted molar refractivity (Wildman–Crippen MR) is 76.4 cm³/mol. The SMILES string of the molecule is CC(C)(CCC(=O)O)NC(=O)C1(c2ccccc2)CC1. The van der Waals surface area contributed by atoms with E-state index in [-0.39, 0.29) is 12.3 Å². The number of carboxylic acid groups (broad SMARTS) is 1. The van der Waals surface area contributed by atoms with Crippen LogP contribution in [0.2, 0.25) is 0 Å². The van der Waals surface area contributed by atoms with E-state index in [2.05, 4.69) is 5.32 Å². The summed E-state index contributed by atoms with van der Waals surface area (Å²) in [4.78, 5) is 23.2. The number of nitrogens with one attached hydrogen (secondary N) is 1. The standard InChI is InChI=1S/C16H21NO3/c1-15(2,9-8-13(18)19)17-14(20)16(10-11-16)12-6-4-3-5-7-12/h3-7H,8-11H2,1-2H3,(H,17,20)(H,18,19). The number of amides is 1. The molecule has 0 radical (unpaired) electrons. The van der Waals surface area contributed by atoms with Gasteiger partial charge in [-0.15, -0.1) is 0 Å². The topological polar surface area (TPSA) is 66.4 Å². The Bertz CT molecular complexity index is 504. The number of carboxylic acids is 1. The molecule has 2 N–H and O–H groups in total. The molecule has 4 nitrogen and oxygen atoms in total. The highest BCUT2D eigenvalue weighted by molar-refractivity contribution is 5.91. The average Bonchev–Trinajstić information content (AvgIpc) is 3.19. The molecular formula is C16H21NO3. The number of carbonyl (C=O) groups is 2. The van der Waals surface area contributed by atoms with Crippen LogP contribution in [0.5, 0.6) is 0 Å². The van der Waals surface area contributed by atoms with Crippen LogP contribution in [0.1, 0.15) is 45.1 Å². The summed E-state index contributed by atoms with van der Waals surface area (Å²) in [5, 5.41) is 11.8. The maximum Gasteiger partial charge on any atom is 0.303 e. The van der Waals surface area contributed by atoms with Crippen molar-refractivity contribution >= 4 is 11.9 Å². The van der Waals surface area contributed by atoms with Crippen molar-refractivity contribution in [3.8, 4) is 0 Å². The Morgan fingerprint density at radius 1 is 1.25 bits per heavy atom. The molecule has 20 heavy (non-hydrogen) atoms. The maximum atomic E-state index is 12.5. The second-order valence-electron chi connectivity index (χ2n) is 6.18. The summed E-state index contributed by atoms with van der Waals surface area (Å²) in [5.41, 5.74) is 0.147. The van der Waals surface area contributed by atoms with Crippen LogP contribution in [-0.4, -0.2) is 22.5 Å². The number of benzene rings is 1. The lowest BCUT2D eigenvalue weighted by Crippen LogP contribution is -2.48. The van der Waals surface area contributed by atoms with E-state index in [1.165, 1.54) is 0 Å². The summed E-state index contributed by atoms with van der Waals surface area (Å²) < 4.78 is 0. The van der Waals surface area contributed by atoms with Crippen LogP contribution in [0.4, 0.5) is 0 Å². The zero-order chi connectivity index (χ0) is 14.8. The summed E-state index contributed by atoms with van der Waals surface area (Å²) >= 11 is 0. The van der Waals surface area contributed by atoms with Gasteiger partial charge in [-0.2, -0.15) is 0 Å². The third-order valence-electron chi connectivity index (χ3n) is 3.93. The van der Waals surface area contributed by atoms with Crippen molar-refractivity contribution in [1.29, 1.82) is 0 Å². The highest BCUT2D eigenvalue weighted by Gasteiger charge is 2.52. The zero-order valence-electron chi connectivity index (χ0n) is 12.0. The fraction of sp³-hybridized carbons (Fsp3) is 0.500. The first kappa shape index (κ1) is 14.6. The fourth-order valence-corrected chi connectivity index (χ4v) is 2.44. The van der Waals surface area contributed by atoms with Gasteiger partial charge < -0.3 is 10.4 Å². The number of hydrogen-bond donors (Lipinski definition) is 2. The van der Waals surface area contributed by atoms with Crippen molar-refractivity contribution in [2.24, 2.45) is 0 Å². The molecule has 108 valence electrons. The van der Waals surface area contributed by atoms with E-state index in [1.807, 2.05) is 44.2 Å². The molecule has 1 aliphatic rings. The van der Waals surface area contributed by atoms with E-state index < -0.39 is 16.9 Å². The Morgan fingerprint density at radius 2 is 1.85 bits per heavy atom. The molecule has 1 aromatic carbocycles. The van der Waals surface area contributed by atoms with Crippen molar-refractivity contribution in [1.82, 2.24) is 5.32 Å². The molecule has 0 aromatic heterocycles. The molecular weight excluding hydrogens is 254 g/mol. The van der Waals surface area contributed by atoms with Gasteiger partial charge in [0.25, 0.3) is 0 Å². The highest BCUT2D eigenvalue weighted by atomic mass is 16.4. The quantitative estimate of drug-likeness (QED) is 0.838. The molecule has 1 aliphatic carbocycles. The van der Waals surface area contributed by atoms with Crippen LogP contribution >= 0.6 is 0 Å². The molecule has 1 amide bonds. The molecule has 0 unspecified atom stereocenters. The minimum absolute atomic E-state index is 0.0130. The summed E-state index contributed by atoms with van der Waals surface area (Å²) in [6.45, 7) is 3.74. The summed E-state index contributed by atoms with van der Waals surface area (Å²) in [6.07, 6.45) is 2.21. The lowest BCUT2D eigenvalue weighted by Gasteiger charge is -2.28. The van der Waals surface area contributed by atoms with Crippen LogP contribution in [0.25, 0.3) is 0 Å². The normalized spacial score (nSPS) is 16.5. The minimum atomic E-state index is -0.837. The van der Waals surface area contributed by atoms with Gasteiger partial charge in [-0.25, -0.2) is 0 Å². The Labute approximate surface area is 119 Å². The second-order valence-corrected chi connectivity index (χ2v) is 6.18. The van der Waals surface area contributed by atoms with Crippen molar-refractivity contribution in [2.75, 3.05) is 0 Å². The minimum Gasteiger partial charge on any atom is -0.481 e. The van der Waals surface area contributed by atoms with E-state index in [0.717, 1.165) is 18.4 Å². The summed E-state index contributed by atoms with van der Waals surface area (Å²) in [6, 6.07) is 9.79. The molecule has 0 atom stereocenters. The zero-order valence-corrected chi connectivity index (χ0v) is 12.0. The molecule has 1 saturated carbocycles. The number of aliphatic carboxylic acids is 1. The maximum absolute atomic E-state index is 12.5. The van der Waals surface area contributed by atoms with E-state index in [9.17, 15) is 9.59 Å². The van der Waals surface area contributed by atoms with Crippen LogP contribution in [-0.2, 0) is 15.0 Å². The first-order valence-electron chi connectivity index (χ1n) is 6.96. The van der Waals surface area contributed by atoms with Gasteiger partial charge in [0.05, 0.1) is 5.41 Å². The Kier molecular flexibility index (Phi) is 3.84. The molecule has 0 bridgehead atoms. The van der Waals surface area contributed by atoms with Crippen molar-refractivity contribution in [2.45, 2.75) is 50.5 Å². The summed E-state index contributed by atoms with van der Waals surface area (Å²) in [7, 11) is 0. The highest BCUT2D eigenvalue weighted by Crippen LogP contribution is 2.48. The van der Waals surface area contributed by atoms with Gasteiger partial charge >= 0.3 is 5.97 Å². The lowest BCUT2D eigenvalue weighted by atomic mass is 9.92. The third kappa shape index (κ3) is 3.18. The van der Waals surface area contributed by atoms with Gasteiger partial charge in [0.2, 0.25) is 5.91 Å². The van der Waals surface area contributed by atoms with Gasteiger partial charge in [0.1, 0.15) is 0 Å². The molecule has 0 saturated heterocycles. The van der Waals surface area contributed by atoms with Crippen LogP contribution in [0, 0.1) is 0 Å². The van der Waals surface area contributed by atoms with E-state index in [0.29, 0.717) is 6.42 Å². The predicted octanol–water partition coefficient (Wildman–Crippen LogP) is 2.48. The number of carbonyl (C=O) groups excluding carboxylic acids is 1. The van der Waals surface area contributed by atoms with Crippen LogP contribution in [0.3, 0.4) is 0 Å². The van der Waals surface area contributed by atoms with Gasteiger partial charge in [-0.1, -0.05) is 30.3 Å². The van der Waals surface area contributed by atoms with E-state index >= 15 is 0 Å². The van der Waals surface area contributed by atoms with Gasteiger partial charge in [-0.05, 0) is 38.7 Å². The lowest BCUT2D eigenvalue weighted by molar-refractivity contribution is -0.138. The number of hydrogen-bond acceptors (Lipinski definition) is 2.